The van der Waals surface area contributed by atoms with Crippen molar-refractivity contribution in [3.8, 4) is 0 Å². The lowest BCUT2D eigenvalue weighted by molar-refractivity contribution is -0.145. The molecule has 0 spiro atoms. The minimum atomic E-state index is -4.42. The third kappa shape index (κ3) is 6.30. The van der Waals surface area contributed by atoms with E-state index in [2.05, 4.69) is 5.10 Å². The number of hydrazone groups is 1. The summed E-state index contributed by atoms with van der Waals surface area (Å²) in [5, 5.41) is 5.62. The van der Waals surface area contributed by atoms with Crippen molar-refractivity contribution in [3.63, 3.8) is 0 Å². The minimum absolute atomic E-state index is 0.0699. The van der Waals surface area contributed by atoms with Crippen LogP contribution in [0.15, 0.2) is 41.5 Å². The summed E-state index contributed by atoms with van der Waals surface area (Å²) in [6.07, 6.45) is -4.17. The number of carbonyl (C=O) groups is 3. The van der Waals surface area contributed by atoms with E-state index in [-0.39, 0.29) is 35.7 Å². The topological polar surface area (TPSA) is 81.0 Å². The predicted octanol–water partition coefficient (Wildman–Crippen LogP) is 3.81. The maximum Gasteiger partial charge on any atom is 0.406 e. The van der Waals surface area contributed by atoms with Gasteiger partial charge in [0.15, 0.2) is 6.61 Å². The van der Waals surface area contributed by atoms with E-state index >= 15 is 0 Å². The fourth-order valence-electron chi connectivity index (χ4n) is 3.61. The fraction of sp³-hybridized carbons (Fsp3) is 0.391. The Morgan fingerprint density at radius 3 is 2.45 bits per heavy atom. The van der Waals surface area contributed by atoms with Crippen LogP contribution in [0.25, 0.3) is 0 Å². The number of aromatic nitrogens is 1. The van der Waals surface area contributed by atoms with Gasteiger partial charge in [-0.1, -0.05) is 30.3 Å². The van der Waals surface area contributed by atoms with Crippen LogP contribution in [0.2, 0.25) is 0 Å². The standard InChI is InChI=1S/C23H24F3N3O4/c1-15-12-18(16(2)28(15)14-23(24,25)26)20(30)13-33-22(32)9-8-21(31)29-11-10-19(27-29)17-6-4-3-5-7-17/h3-7,12H,8-11,13-14H2,1-2H3. The molecular formula is C23H24F3N3O4. The zero-order valence-corrected chi connectivity index (χ0v) is 18.3. The molecule has 1 aliphatic rings. The van der Waals surface area contributed by atoms with Crippen LogP contribution in [-0.4, -0.2) is 52.3 Å². The predicted molar refractivity (Wildman–Crippen MR) is 114 cm³/mol. The molecule has 2 heterocycles. The van der Waals surface area contributed by atoms with Crippen LogP contribution < -0.4 is 0 Å². The van der Waals surface area contributed by atoms with E-state index in [1.54, 1.807) is 0 Å². The summed E-state index contributed by atoms with van der Waals surface area (Å²) in [4.78, 5) is 36.7. The molecule has 176 valence electrons. The maximum absolute atomic E-state index is 12.7. The Balaban J connectivity index is 1.48. The number of ketones is 1. The van der Waals surface area contributed by atoms with Gasteiger partial charge >= 0.3 is 12.1 Å². The van der Waals surface area contributed by atoms with Gasteiger partial charge in [0.05, 0.1) is 18.7 Å². The molecule has 1 amide bonds. The SMILES string of the molecule is Cc1cc(C(=O)COC(=O)CCC(=O)N2CCC(c3ccccc3)=N2)c(C)n1CC(F)(F)F. The number of hydrogen-bond donors (Lipinski definition) is 0. The van der Waals surface area contributed by atoms with Crippen LogP contribution >= 0.6 is 0 Å². The summed E-state index contributed by atoms with van der Waals surface area (Å²) in [6.45, 7) is 1.49. The fourth-order valence-corrected chi connectivity index (χ4v) is 3.61. The number of amides is 1. The Bertz CT molecular complexity index is 1070. The molecule has 0 atom stereocenters. The zero-order valence-electron chi connectivity index (χ0n) is 18.3. The largest absolute Gasteiger partial charge is 0.457 e. The van der Waals surface area contributed by atoms with Gasteiger partial charge in [0.25, 0.3) is 0 Å². The normalized spacial score (nSPS) is 13.7. The smallest absolute Gasteiger partial charge is 0.406 e. The van der Waals surface area contributed by atoms with Crippen molar-refractivity contribution in [1.82, 2.24) is 9.58 Å². The van der Waals surface area contributed by atoms with E-state index in [1.807, 2.05) is 30.3 Å². The Kier molecular flexibility index (Phi) is 7.35. The van der Waals surface area contributed by atoms with E-state index in [9.17, 15) is 27.6 Å². The number of nitrogens with zero attached hydrogens (tertiary/aromatic N) is 3. The van der Waals surface area contributed by atoms with Crippen molar-refractivity contribution >= 4 is 23.4 Å². The van der Waals surface area contributed by atoms with Crippen LogP contribution in [0.1, 0.15) is 46.6 Å². The van der Waals surface area contributed by atoms with Crippen molar-refractivity contribution in [2.45, 2.75) is 45.8 Å². The summed E-state index contributed by atoms with van der Waals surface area (Å²) < 4.78 is 44.1. The quantitative estimate of drug-likeness (QED) is 0.441. The van der Waals surface area contributed by atoms with E-state index in [0.717, 1.165) is 15.8 Å². The van der Waals surface area contributed by atoms with E-state index in [1.165, 1.54) is 24.9 Å². The Morgan fingerprint density at radius 1 is 1.09 bits per heavy atom. The first-order valence-electron chi connectivity index (χ1n) is 10.4. The molecule has 0 aliphatic carbocycles. The van der Waals surface area contributed by atoms with E-state index in [0.29, 0.717) is 13.0 Å². The average molecular weight is 463 g/mol. The molecule has 33 heavy (non-hydrogen) atoms. The van der Waals surface area contributed by atoms with Gasteiger partial charge in [0.2, 0.25) is 11.7 Å². The van der Waals surface area contributed by atoms with E-state index in [4.69, 9.17) is 4.74 Å². The number of Topliss-reactive ketones (excluding diaryl/α,β-unsaturated/α-hetero) is 1. The van der Waals surface area contributed by atoms with Gasteiger partial charge < -0.3 is 9.30 Å². The second kappa shape index (κ2) is 10.0. The lowest BCUT2D eigenvalue weighted by Crippen LogP contribution is -2.24. The first kappa shape index (κ1) is 24.2. The van der Waals surface area contributed by atoms with Gasteiger partial charge in [-0.25, -0.2) is 5.01 Å². The van der Waals surface area contributed by atoms with Crippen LogP contribution in [0.4, 0.5) is 13.2 Å². The lowest BCUT2D eigenvalue weighted by atomic mass is 10.1. The van der Waals surface area contributed by atoms with Crippen molar-refractivity contribution < 1.29 is 32.3 Å². The zero-order chi connectivity index (χ0) is 24.2. The number of halogens is 3. The number of hydrogen-bond acceptors (Lipinski definition) is 5. The molecule has 1 aromatic carbocycles. The number of rotatable bonds is 8. The molecule has 0 unspecified atom stereocenters. The molecule has 0 saturated carbocycles. The highest BCUT2D eigenvalue weighted by Crippen LogP contribution is 2.23. The van der Waals surface area contributed by atoms with Crippen molar-refractivity contribution in [3.05, 3.63) is 58.9 Å². The summed E-state index contributed by atoms with van der Waals surface area (Å²) >= 11 is 0. The molecule has 0 saturated heterocycles. The van der Waals surface area contributed by atoms with Gasteiger partial charge in [-0.15, -0.1) is 0 Å². The van der Waals surface area contributed by atoms with Gasteiger partial charge in [0.1, 0.15) is 6.54 Å². The first-order chi connectivity index (χ1) is 15.5. The van der Waals surface area contributed by atoms with Crippen LogP contribution in [0, 0.1) is 13.8 Å². The molecule has 0 bridgehead atoms. The van der Waals surface area contributed by atoms with Crippen LogP contribution in [0.3, 0.4) is 0 Å². The number of ether oxygens (including phenoxy) is 1. The number of esters is 1. The number of alkyl halides is 3. The number of benzene rings is 1. The summed E-state index contributed by atoms with van der Waals surface area (Å²) in [5.74, 6) is -1.68. The summed E-state index contributed by atoms with van der Waals surface area (Å²) in [5.41, 5.74) is 2.23. The van der Waals surface area contributed by atoms with E-state index < -0.39 is 31.1 Å². The monoisotopic (exact) mass is 463 g/mol. The minimum Gasteiger partial charge on any atom is -0.457 e. The molecule has 1 aromatic heterocycles. The second-order valence-electron chi connectivity index (χ2n) is 7.75. The van der Waals surface area contributed by atoms with Crippen molar-refractivity contribution in [2.24, 2.45) is 5.10 Å². The molecule has 0 N–H and O–H groups in total. The molecule has 1 aliphatic heterocycles. The Labute approximate surface area is 188 Å². The highest BCUT2D eigenvalue weighted by Gasteiger charge is 2.30. The summed E-state index contributed by atoms with van der Waals surface area (Å²) in [6, 6.07) is 10.8. The first-order valence-corrected chi connectivity index (χ1v) is 10.4. The highest BCUT2D eigenvalue weighted by atomic mass is 19.4. The Morgan fingerprint density at radius 2 is 1.79 bits per heavy atom. The van der Waals surface area contributed by atoms with Crippen molar-refractivity contribution in [1.29, 1.82) is 0 Å². The highest BCUT2D eigenvalue weighted by molar-refractivity contribution is 6.02. The Hall–Kier alpha value is -3.43. The third-order valence-electron chi connectivity index (χ3n) is 5.32. The number of carbonyl (C=O) groups excluding carboxylic acids is 3. The summed E-state index contributed by atoms with van der Waals surface area (Å²) in [7, 11) is 0. The van der Waals surface area contributed by atoms with Gasteiger partial charge in [-0.3, -0.25) is 14.4 Å². The molecule has 3 rings (SSSR count). The van der Waals surface area contributed by atoms with Gasteiger partial charge in [0, 0.05) is 29.8 Å². The van der Waals surface area contributed by atoms with Crippen molar-refractivity contribution in [2.75, 3.05) is 13.2 Å². The molecule has 2 aromatic rings. The van der Waals surface area contributed by atoms with Crippen LogP contribution in [-0.2, 0) is 20.9 Å². The molecule has 0 fully saturated rings. The van der Waals surface area contributed by atoms with Crippen LogP contribution in [0.5, 0.6) is 0 Å². The number of aryl methyl sites for hydroxylation is 1. The molecule has 7 nitrogen and oxygen atoms in total. The second-order valence-corrected chi connectivity index (χ2v) is 7.75. The van der Waals surface area contributed by atoms with Gasteiger partial charge in [-0.2, -0.15) is 18.3 Å². The lowest BCUT2D eigenvalue weighted by Gasteiger charge is -2.12. The maximum atomic E-state index is 12.7. The molecule has 10 heteroatoms. The molecule has 0 radical (unpaired) electrons. The van der Waals surface area contributed by atoms with Gasteiger partial charge in [-0.05, 0) is 25.5 Å². The average Bonchev–Trinajstić information content (AvgIpc) is 3.37. The molecular weight excluding hydrogens is 439 g/mol. The third-order valence-corrected chi connectivity index (χ3v) is 5.32.